The van der Waals surface area contributed by atoms with Gasteiger partial charge in [-0.2, -0.15) is 0 Å². The fraction of sp³-hybridized carbons (Fsp3) is 0.750. The molecule has 1 amide bonds. The fourth-order valence-corrected chi connectivity index (χ4v) is 2.06. The fourth-order valence-electron chi connectivity index (χ4n) is 2.06. The molecule has 5 heteroatoms. The van der Waals surface area contributed by atoms with E-state index in [1.807, 2.05) is 20.8 Å². The van der Waals surface area contributed by atoms with Gasteiger partial charge in [0, 0.05) is 12.0 Å². The van der Waals surface area contributed by atoms with Crippen molar-refractivity contribution in [2.75, 3.05) is 20.2 Å². The van der Waals surface area contributed by atoms with E-state index in [1.165, 1.54) is 7.11 Å². The minimum atomic E-state index is -0.494. The zero-order valence-corrected chi connectivity index (χ0v) is 13.4. The first-order valence-corrected chi connectivity index (χ1v) is 7.42. The molecule has 0 saturated carbocycles. The first-order chi connectivity index (χ1) is 9.81. The minimum Gasteiger partial charge on any atom is -0.469 e. The van der Waals surface area contributed by atoms with Gasteiger partial charge in [0.1, 0.15) is 6.04 Å². The Morgan fingerprint density at radius 2 is 2.14 bits per heavy atom. The number of hydrogen-bond acceptors (Lipinski definition) is 4. The highest BCUT2D eigenvalue weighted by molar-refractivity contribution is 5.81. The third-order valence-corrected chi connectivity index (χ3v) is 3.20. The maximum absolute atomic E-state index is 12.2. The van der Waals surface area contributed by atoms with E-state index in [0.717, 1.165) is 19.4 Å². The summed E-state index contributed by atoms with van der Waals surface area (Å²) >= 11 is 0. The molecule has 0 unspecified atom stereocenters. The first kappa shape index (κ1) is 17.5. The molecule has 1 aliphatic rings. The summed E-state index contributed by atoms with van der Waals surface area (Å²) < 4.78 is 4.67. The summed E-state index contributed by atoms with van der Waals surface area (Å²) in [5.74, 6) is 5.60. The van der Waals surface area contributed by atoms with Crippen molar-refractivity contribution in [2.45, 2.75) is 46.1 Å². The molecule has 0 radical (unpaired) electrons. The Balaban J connectivity index is 2.68. The van der Waals surface area contributed by atoms with Crippen LogP contribution in [0.5, 0.6) is 0 Å². The molecule has 1 saturated heterocycles. The summed E-state index contributed by atoms with van der Waals surface area (Å²) in [6.07, 6.45) is 1.94. The number of carbonyl (C=O) groups is 2. The molecule has 0 aromatic heterocycles. The molecule has 1 rings (SSSR count). The van der Waals surface area contributed by atoms with Crippen molar-refractivity contribution in [2.24, 2.45) is 11.3 Å². The lowest BCUT2D eigenvalue weighted by molar-refractivity contribution is -0.141. The van der Waals surface area contributed by atoms with Gasteiger partial charge in [0.05, 0.1) is 19.4 Å². The van der Waals surface area contributed by atoms with Crippen molar-refractivity contribution < 1.29 is 14.3 Å². The molecule has 1 aliphatic heterocycles. The van der Waals surface area contributed by atoms with Crippen LogP contribution in [0.2, 0.25) is 0 Å². The van der Waals surface area contributed by atoms with Crippen molar-refractivity contribution in [1.29, 1.82) is 0 Å². The topological polar surface area (TPSA) is 67.4 Å². The van der Waals surface area contributed by atoms with Gasteiger partial charge in [0.2, 0.25) is 5.91 Å². The number of methoxy groups -OCH3 is 1. The molecule has 2 N–H and O–H groups in total. The monoisotopic (exact) mass is 294 g/mol. The van der Waals surface area contributed by atoms with Gasteiger partial charge in [0.25, 0.3) is 0 Å². The number of hydrogen-bond donors (Lipinski definition) is 2. The maximum atomic E-state index is 12.2. The first-order valence-electron chi connectivity index (χ1n) is 7.42. The Labute approximate surface area is 127 Å². The van der Waals surface area contributed by atoms with Gasteiger partial charge in [-0.1, -0.05) is 11.8 Å². The Morgan fingerprint density at radius 3 is 2.67 bits per heavy atom. The van der Waals surface area contributed by atoms with Gasteiger partial charge in [-0.05, 0) is 40.2 Å². The molecular weight excluding hydrogens is 268 g/mol. The van der Waals surface area contributed by atoms with Crippen molar-refractivity contribution in [1.82, 2.24) is 10.6 Å². The highest BCUT2D eigenvalue weighted by atomic mass is 16.5. The molecule has 1 fully saturated rings. The summed E-state index contributed by atoms with van der Waals surface area (Å²) in [4.78, 5) is 23.7. The highest BCUT2D eigenvalue weighted by Gasteiger charge is 2.24. The van der Waals surface area contributed by atoms with E-state index >= 15 is 0 Å². The quantitative estimate of drug-likeness (QED) is 0.601. The van der Waals surface area contributed by atoms with E-state index in [1.54, 1.807) is 0 Å². The lowest BCUT2D eigenvalue weighted by atomic mass is 9.96. The zero-order chi connectivity index (χ0) is 15.9. The SMILES string of the molecule is COC(=O)C[C@H](C#CC(C)(C)C)NC(=O)[C@@H]1CCCNC1. The van der Waals surface area contributed by atoms with Gasteiger partial charge in [-0.3, -0.25) is 9.59 Å². The molecule has 0 aliphatic carbocycles. The van der Waals surface area contributed by atoms with E-state index in [9.17, 15) is 9.59 Å². The van der Waals surface area contributed by atoms with E-state index in [0.29, 0.717) is 6.54 Å². The van der Waals surface area contributed by atoms with Crippen LogP contribution in [0.3, 0.4) is 0 Å². The number of rotatable bonds is 4. The molecule has 2 atom stereocenters. The van der Waals surface area contributed by atoms with Crippen LogP contribution in [0.1, 0.15) is 40.0 Å². The summed E-state index contributed by atoms with van der Waals surface area (Å²) in [5.41, 5.74) is -0.175. The van der Waals surface area contributed by atoms with Crippen molar-refractivity contribution >= 4 is 11.9 Å². The van der Waals surface area contributed by atoms with E-state index in [4.69, 9.17) is 0 Å². The summed E-state index contributed by atoms with van der Waals surface area (Å²) in [7, 11) is 1.34. The van der Waals surface area contributed by atoms with Gasteiger partial charge in [-0.25, -0.2) is 0 Å². The normalized spacial score (nSPS) is 19.9. The zero-order valence-electron chi connectivity index (χ0n) is 13.4. The predicted octanol–water partition coefficient (Wildman–Crippen LogP) is 1.08. The number of esters is 1. The Kier molecular flexibility index (Phi) is 6.70. The van der Waals surface area contributed by atoms with E-state index in [-0.39, 0.29) is 29.6 Å². The van der Waals surface area contributed by atoms with Gasteiger partial charge < -0.3 is 15.4 Å². The van der Waals surface area contributed by atoms with E-state index in [2.05, 4.69) is 27.2 Å². The average molecular weight is 294 g/mol. The van der Waals surface area contributed by atoms with Gasteiger partial charge in [-0.15, -0.1) is 0 Å². The average Bonchev–Trinajstić information content (AvgIpc) is 2.44. The number of ether oxygens (including phenoxy) is 1. The largest absolute Gasteiger partial charge is 0.469 e. The van der Waals surface area contributed by atoms with Crippen molar-refractivity contribution in [3.8, 4) is 11.8 Å². The molecule has 21 heavy (non-hydrogen) atoms. The van der Waals surface area contributed by atoms with Crippen LogP contribution in [0, 0.1) is 23.2 Å². The molecule has 0 bridgehead atoms. The molecule has 1 heterocycles. The van der Waals surface area contributed by atoms with Crippen molar-refractivity contribution in [3.63, 3.8) is 0 Å². The number of piperidine rings is 1. The Hall–Kier alpha value is -1.54. The van der Waals surface area contributed by atoms with Crippen LogP contribution >= 0.6 is 0 Å². The molecule has 0 aromatic carbocycles. The van der Waals surface area contributed by atoms with Crippen LogP contribution in [0.25, 0.3) is 0 Å². The number of carbonyl (C=O) groups excluding carboxylic acids is 2. The summed E-state index contributed by atoms with van der Waals surface area (Å²) in [5, 5.41) is 6.08. The summed E-state index contributed by atoms with van der Waals surface area (Å²) in [6.45, 7) is 7.61. The van der Waals surface area contributed by atoms with Crippen LogP contribution in [0.15, 0.2) is 0 Å². The third-order valence-electron chi connectivity index (χ3n) is 3.20. The molecular formula is C16H26N2O3. The second-order valence-electron chi connectivity index (χ2n) is 6.40. The Bertz CT molecular complexity index is 423. The molecule has 5 nitrogen and oxygen atoms in total. The van der Waals surface area contributed by atoms with Gasteiger partial charge >= 0.3 is 5.97 Å². The van der Waals surface area contributed by atoms with Crippen molar-refractivity contribution in [3.05, 3.63) is 0 Å². The smallest absolute Gasteiger partial charge is 0.308 e. The van der Waals surface area contributed by atoms with Crippen LogP contribution in [0.4, 0.5) is 0 Å². The van der Waals surface area contributed by atoms with E-state index < -0.39 is 6.04 Å². The molecule has 0 spiro atoms. The molecule has 118 valence electrons. The predicted molar refractivity (Wildman–Crippen MR) is 81.4 cm³/mol. The second kappa shape index (κ2) is 8.04. The Morgan fingerprint density at radius 1 is 1.43 bits per heavy atom. The van der Waals surface area contributed by atoms with Crippen LogP contribution in [-0.4, -0.2) is 38.1 Å². The van der Waals surface area contributed by atoms with Gasteiger partial charge in [0.15, 0.2) is 0 Å². The number of amides is 1. The second-order valence-corrected chi connectivity index (χ2v) is 6.40. The number of nitrogens with one attached hydrogen (secondary N) is 2. The minimum absolute atomic E-state index is 0.0423. The third kappa shape index (κ3) is 7.14. The highest BCUT2D eigenvalue weighted by Crippen LogP contribution is 2.12. The summed E-state index contributed by atoms with van der Waals surface area (Å²) in [6, 6.07) is -0.494. The standard InChI is InChI=1S/C16H26N2O3/c1-16(2,3)8-7-13(10-14(19)21-4)18-15(20)12-6-5-9-17-11-12/h12-13,17H,5-6,9-11H2,1-4H3,(H,18,20)/t12-,13+/m1/s1. The lowest BCUT2D eigenvalue weighted by Gasteiger charge is -2.23. The molecule has 0 aromatic rings. The van der Waals surface area contributed by atoms with Crippen LogP contribution < -0.4 is 10.6 Å². The lowest BCUT2D eigenvalue weighted by Crippen LogP contribution is -2.44. The maximum Gasteiger partial charge on any atom is 0.308 e. The van der Waals surface area contributed by atoms with Crippen LogP contribution in [-0.2, 0) is 14.3 Å².